The number of methoxy groups -OCH3 is 1. The van der Waals surface area contributed by atoms with Crippen molar-refractivity contribution in [1.29, 1.82) is 0 Å². The number of hydrogen-bond donors (Lipinski definition) is 2. The van der Waals surface area contributed by atoms with E-state index in [4.69, 9.17) is 4.74 Å². The molecule has 0 saturated carbocycles. The van der Waals surface area contributed by atoms with Crippen molar-refractivity contribution in [3.05, 3.63) is 78.1 Å². The minimum absolute atomic E-state index is 0.0660. The maximum absolute atomic E-state index is 12.6. The summed E-state index contributed by atoms with van der Waals surface area (Å²) in [6.07, 6.45) is 1.65. The molecule has 0 fully saturated rings. The molecule has 1 heterocycles. The largest absolute Gasteiger partial charge is 0.497 e. The van der Waals surface area contributed by atoms with Crippen LogP contribution in [-0.4, -0.2) is 18.0 Å². The summed E-state index contributed by atoms with van der Waals surface area (Å²) >= 11 is 0. The molecule has 0 spiro atoms. The van der Waals surface area contributed by atoms with E-state index in [1.165, 1.54) is 0 Å². The third-order valence-electron chi connectivity index (χ3n) is 4.36. The van der Waals surface area contributed by atoms with Crippen molar-refractivity contribution in [3.8, 4) is 5.75 Å². The van der Waals surface area contributed by atoms with Crippen LogP contribution in [0.3, 0.4) is 0 Å². The fraction of sp³-hybridized carbons (Fsp3) is 0.217. The van der Waals surface area contributed by atoms with E-state index >= 15 is 0 Å². The number of hydrogen-bond acceptors (Lipinski definition) is 4. The zero-order valence-electron chi connectivity index (χ0n) is 16.6. The quantitative estimate of drug-likeness (QED) is 0.628. The van der Waals surface area contributed by atoms with Crippen molar-refractivity contribution in [3.63, 3.8) is 0 Å². The summed E-state index contributed by atoms with van der Waals surface area (Å²) in [7, 11) is 1.63. The van der Waals surface area contributed by atoms with Crippen molar-refractivity contribution in [2.45, 2.75) is 26.2 Å². The molecule has 144 valence electrons. The number of anilines is 3. The van der Waals surface area contributed by atoms with Crippen LogP contribution in [0.2, 0.25) is 0 Å². The first-order valence-corrected chi connectivity index (χ1v) is 9.15. The smallest absolute Gasteiger partial charge is 0.274 e. The van der Waals surface area contributed by atoms with Crippen LogP contribution in [0, 0.1) is 0 Å². The minimum Gasteiger partial charge on any atom is -0.497 e. The Balaban J connectivity index is 1.70. The van der Waals surface area contributed by atoms with E-state index in [0.29, 0.717) is 5.69 Å². The van der Waals surface area contributed by atoms with E-state index < -0.39 is 0 Å². The molecule has 3 rings (SSSR count). The monoisotopic (exact) mass is 375 g/mol. The summed E-state index contributed by atoms with van der Waals surface area (Å²) in [5, 5.41) is 6.23. The third-order valence-corrected chi connectivity index (χ3v) is 4.36. The first-order chi connectivity index (χ1) is 13.4. The van der Waals surface area contributed by atoms with Crippen LogP contribution in [0.15, 0.2) is 66.9 Å². The van der Waals surface area contributed by atoms with E-state index in [2.05, 4.69) is 36.4 Å². The van der Waals surface area contributed by atoms with Gasteiger partial charge in [0.1, 0.15) is 11.4 Å². The van der Waals surface area contributed by atoms with Crippen molar-refractivity contribution in [2.75, 3.05) is 17.7 Å². The lowest BCUT2D eigenvalue weighted by atomic mass is 9.86. The van der Waals surface area contributed by atoms with Crippen LogP contribution in [0.4, 0.5) is 17.1 Å². The maximum atomic E-state index is 12.6. The number of ether oxygens (including phenoxy) is 1. The van der Waals surface area contributed by atoms with Crippen LogP contribution in [0.5, 0.6) is 5.75 Å². The highest BCUT2D eigenvalue weighted by molar-refractivity contribution is 6.03. The predicted octanol–water partition coefficient (Wildman–Crippen LogP) is 5.38. The van der Waals surface area contributed by atoms with Crippen LogP contribution >= 0.6 is 0 Å². The summed E-state index contributed by atoms with van der Waals surface area (Å²) in [6, 6.07) is 19.0. The lowest BCUT2D eigenvalue weighted by Crippen LogP contribution is -2.19. The maximum Gasteiger partial charge on any atom is 0.274 e. The Bertz CT molecular complexity index is 943. The van der Waals surface area contributed by atoms with Gasteiger partial charge >= 0.3 is 0 Å². The molecular weight excluding hydrogens is 350 g/mol. The Hall–Kier alpha value is -3.34. The van der Waals surface area contributed by atoms with Gasteiger partial charge in [-0.1, -0.05) is 39.0 Å². The molecule has 5 nitrogen and oxygen atoms in total. The average Bonchev–Trinajstić information content (AvgIpc) is 2.69. The van der Waals surface area contributed by atoms with E-state index in [1.807, 2.05) is 54.6 Å². The third kappa shape index (κ3) is 4.68. The van der Waals surface area contributed by atoms with Gasteiger partial charge in [-0.05, 0) is 53.4 Å². The van der Waals surface area contributed by atoms with Gasteiger partial charge in [0, 0.05) is 11.4 Å². The number of carbonyl (C=O) groups excluding carboxylic acids is 1. The number of amides is 1. The second-order valence-electron chi connectivity index (χ2n) is 7.54. The van der Waals surface area contributed by atoms with E-state index in [-0.39, 0.29) is 11.3 Å². The Morgan fingerprint density at radius 1 is 0.929 bits per heavy atom. The molecule has 0 aliphatic carbocycles. The number of carbonyl (C=O) groups is 1. The molecule has 2 aromatic carbocycles. The predicted molar refractivity (Wildman–Crippen MR) is 114 cm³/mol. The van der Waals surface area contributed by atoms with Crippen molar-refractivity contribution in [2.24, 2.45) is 0 Å². The van der Waals surface area contributed by atoms with E-state index in [1.54, 1.807) is 19.4 Å². The van der Waals surface area contributed by atoms with Crippen LogP contribution in [-0.2, 0) is 5.41 Å². The standard InChI is InChI=1S/C23H25N3O2/c1-23(2,3)19-7-5-6-8-20(19)26-22(27)21-14-11-17(15-24-21)25-16-9-12-18(28-4)13-10-16/h5-15,25H,1-4H3,(H,26,27). The SMILES string of the molecule is COc1ccc(Nc2ccc(C(=O)Nc3ccccc3C(C)(C)C)nc2)cc1. The highest BCUT2D eigenvalue weighted by atomic mass is 16.5. The molecule has 0 bridgehead atoms. The number of rotatable bonds is 5. The summed E-state index contributed by atoms with van der Waals surface area (Å²) < 4.78 is 5.16. The van der Waals surface area contributed by atoms with Crippen molar-refractivity contribution < 1.29 is 9.53 Å². The summed E-state index contributed by atoms with van der Waals surface area (Å²) in [4.78, 5) is 16.9. The fourth-order valence-electron chi connectivity index (χ4n) is 2.88. The Labute approximate surface area is 165 Å². The lowest BCUT2D eigenvalue weighted by Gasteiger charge is -2.22. The summed E-state index contributed by atoms with van der Waals surface area (Å²) in [5.74, 6) is 0.568. The zero-order valence-corrected chi connectivity index (χ0v) is 16.6. The number of para-hydroxylation sites is 1. The molecule has 0 unspecified atom stereocenters. The summed E-state index contributed by atoms with van der Waals surface area (Å²) in [5.41, 5.74) is 3.91. The lowest BCUT2D eigenvalue weighted by molar-refractivity contribution is 0.102. The number of nitrogens with zero attached hydrogens (tertiary/aromatic N) is 1. The highest BCUT2D eigenvalue weighted by Gasteiger charge is 2.19. The molecule has 3 aromatic rings. The van der Waals surface area contributed by atoms with Gasteiger partial charge in [-0.25, -0.2) is 4.98 Å². The van der Waals surface area contributed by atoms with Crippen LogP contribution in [0.25, 0.3) is 0 Å². The molecule has 0 saturated heterocycles. The molecule has 1 amide bonds. The van der Waals surface area contributed by atoms with Crippen molar-refractivity contribution in [1.82, 2.24) is 4.98 Å². The Morgan fingerprint density at radius 2 is 1.61 bits per heavy atom. The topological polar surface area (TPSA) is 63.2 Å². The van der Waals surface area contributed by atoms with Crippen LogP contribution < -0.4 is 15.4 Å². The van der Waals surface area contributed by atoms with E-state index in [0.717, 1.165) is 28.4 Å². The van der Waals surface area contributed by atoms with E-state index in [9.17, 15) is 4.79 Å². The van der Waals surface area contributed by atoms with Crippen molar-refractivity contribution >= 4 is 23.0 Å². The molecule has 0 atom stereocenters. The first-order valence-electron chi connectivity index (χ1n) is 9.15. The molecule has 0 radical (unpaired) electrons. The van der Waals surface area contributed by atoms with Gasteiger partial charge in [0.2, 0.25) is 0 Å². The molecule has 5 heteroatoms. The number of nitrogens with one attached hydrogen (secondary N) is 2. The average molecular weight is 375 g/mol. The molecular formula is C23H25N3O2. The molecule has 1 aromatic heterocycles. The Morgan fingerprint density at radius 3 is 2.21 bits per heavy atom. The zero-order chi connectivity index (χ0) is 20.1. The van der Waals surface area contributed by atoms with Gasteiger partial charge in [-0.15, -0.1) is 0 Å². The molecule has 0 aliphatic rings. The second-order valence-corrected chi connectivity index (χ2v) is 7.54. The van der Waals surface area contributed by atoms with Gasteiger partial charge in [0.15, 0.2) is 0 Å². The Kier molecular flexibility index (Phi) is 5.64. The van der Waals surface area contributed by atoms with Gasteiger partial charge in [-0.3, -0.25) is 4.79 Å². The molecule has 28 heavy (non-hydrogen) atoms. The number of benzene rings is 2. The fourth-order valence-corrected chi connectivity index (χ4v) is 2.88. The highest BCUT2D eigenvalue weighted by Crippen LogP contribution is 2.29. The molecule has 2 N–H and O–H groups in total. The van der Waals surface area contributed by atoms with Gasteiger partial charge in [-0.2, -0.15) is 0 Å². The van der Waals surface area contributed by atoms with Gasteiger partial charge in [0.25, 0.3) is 5.91 Å². The van der Waals surface area contributed by atoms with Gasteiger partial charge in [0.05, 0.1) is 19.0 Å². The normalized spacial score (nSPS) is 11.0. The first kappa shape index (κ1) is 19.4. The second kappa shape index (κ2) is 8.13. The number of pyridine rings is 1. The molecule has 0 aliphatic heterocycles. The van der Waals surface area contributed by atoms with Gasteiger partial charge < -0.3 is 15.4 Å². The number of aromatic nitrogens is 1. The summed E-state index contributed by atoms with van der Waals surface area (Å²) in [6.45, 7) is 6.36. The minimum atomic E-state index is -0.229. The van der Waals surface area contributed by atoms with Crippen LogP contribution in [0.1, 0.15) is 36.8 Å².